The molecule has 0 atom stereocenters. The van der Waals surface area contributed by atoms with Crippen molar-refractivity contribution in [3.63, 3.8) is 0 Å². The van der Waals surface area contributed by atoms with Crippen molar-refractivity contribution in [1.29, 1.82) is 0 Å². The van der Waals surface area contributed by atoms with Gasteiger partial charge in [-0.25, -0.2) is 9.78 Å². The van der Waals surface area contributed by atoms with Crippen molar-refractivity contribution >= 4 is 5.97 Å². The van der Waals surface area contributed by atoms with Crippen molar-refractivity contribution in [2.24, 2.45) is 0 Å². The molecule has 1 N–H and O–H groups in total. The van der Waals surface area contributed by atoms with Gasteiger partial charge in [0, 0.05) is 6.54 Å². The van der Waals surface area contributed by atoms with Crippen molar-refractivity contribution in [3.05, 3.63) is 53.1 Å². The minimum Gasteiger partial charge on any atom is -0.477 e. The Morgan fingerprint density at radius 2 is 2.06 bits per heavy atom. The molecular formula is C13H14N2O2. The van der Waals surface area contributed by atoms with E-state index < -0.39 is 5.97 Å². The molecule has 0 aliphatic heterocycles. The molecule has 0 saturated heterocycles. The third-order valence-corrected chi connectivity index (χ3v) is 2.86. The number of nitrogens with zero attached hydrogens (tertiary/aromatic N) is 2. The normalized spacial score (nSPS) is 10.5. The number of benzene rings is 1. The summed E-state index contributed by atoms with van der Waals surface area (Å²) in [5.41, 5.74) is 2.48. The molecule has 0 saturated carbocycles. The highest BCUT2D eigenvalue weighted by Gasteiger charge is 2.13. The number of carboxylic acids is 1. The Morgan fingerprint density at radius 3 is 2.71 bits per heavy atom. The monoisotopic (exact) mass is 230 g/mol. The van der Waals surface area contributed by atoms with Crippen molar-refractivity contribution in [3.8, 4) is 0 Å². The average Bonchev–Trinajstić information content (AvgIpc) is 2.64. The second-order valence-electron chi connectivity index (χ2n) is 4.01. The van der Waals surface area contributed by atoms with Gasteiger partial charge >= 0.3 is 5.97 Å². The number of imidazole rings is 1. The van der Waals surface area contributed by atoms with Crippen LogP contribution in [-0.4, -0.2) is 20.6 Å². The lowest BCUT2D eigenvalue weighted by Crippen LogP contribution is -2.11. The zero-order valence-corrected chi connectivity index (χ0v) is 9.84. The largest absolute Gasteiger partial charge is 0.477 e. The van der Waals surface area contributed by atoms with Gasteiger partial charge in [-0.05, 0) is 25.0 Å². The molecule has 0 amide bonds. The molecule has 0 fully saturated rings. The van der Waals surface area contributed by atoms with Crippen LogP contribution in [0.3, 0.4) is 0 Å². The summed E-state index contributed by atoms with van der Waals surface area (Å²) in [5.74, 6) is -0.232. The molecule has 0 radical (unpaired) electrons. The van der Waals surface area contributed by atoms with Gasteiger partial charge in [-0.2, -0.15) is 0 Å². The third-order valence-electron chi connectivity index (χ3n) is 2.86. The Balaban J connectivity index is 2.39. The smallest absolute Gasteiger partial charge is 0.354 e. The molecule has 0 aliphatic carbocycles. The van der Waals surface area contributed by atoms with Crippen LogP contribution in [0.25, 0.3) is 0 Å². The minimum absolute atomic E-state index is 0.228. The van der Waals surface area contributed by atoms with Gasteiger partial charge in [0.05, 0.1) is 6.20 Å². The molecule has 0 unspecified atom stereocenters. The van der Waals surface area contributed by atoms with Crippen molar-refractivity contribution in [2.45, 2.75) is 20.4 Å². The molecule has 1 heterocycles. The van der Waals surface area contributed by atoms with E-state index in [1.165, 1.54) is 6.20 Å². The van der Waals surface area contributed by atoms with Gasteiger partial charge in [-0.1, -0.05) is 24.3 Å². The van der Waals surface area contributed by atoms with Crippen LogP contribution in [0.2, 0.25) is 0 Å². The van der Waals surface area contributed by atoms with Crippen molar-refractivity contribution < 1.29 is 9.90 Å². The fraction of sp³-hybridized carbons (Fsp3) is 0.231. The summed E-state index contributed by atoms with van der Waals surface area (Å²) in [4.78, 5) is 15.1. The number of hydrogen-bond donors (Lipinski definition) is 1. The Kier molecular flexibility index (Phi) is 2.95. The van der Waals surface area contributed by atoms with Crippen LogP contribution in [0.4, 0.5) is 0 Å². The van der Waals surface area contributed by atoms with Gasteiger partial charge in [0.15, 0.2) is 0 Å². The second-order valence-corrected chi connectivity index (χ2v) is 4.01. The second kappa shape index (κ2) is 4.41. The first-order valence-corrected chi connectivity index (χ1v) is 5.39. The Labute approximate surface area is 99.5 Å². The van der Waals surface area contributed by atoms with Gasteiger partial charge < -0.3 is 9.67 Å². The molecule has 0 bridgehead atoms. The Hall–Kier alpha value is -2.10. The highest BCUT2D eigenvalue weighted by molar-refractivity contribution is 5.85. The first-order valence-electron chi connectivity index (χ1n) is 5.39. The fourth-order valence-corrected chi connectivity index (χ4v) is 1.80. The van der Waals surface area contributed by atoms with Gasteiger partial charge in [0.25, 0.3) is 0 Å². The molecule has 1 aromatic carbocycles. The predicted octanol–water partition coefficient (Wildman–Crippen LogP) is 2.25. The van der Waals surface area contributed by atoms with E-state index in [1.54, 1.807) is 4.57 Å². The fourth-order valence-electron chi connectivity index (χ4n) is 1.80. The zero-order chi connectivity index (χ0) is 12.4. The summed E-state index contributed by atoms with van der Waals surface area (Å²) in [6.45, 7) is 4.37. The van der Waals surface area contributed by atoms with E-state index in [9.17, 15) is 4.79 Å². The maximum atomic E-state index is 11.0. The lowest BCUT2D eigenvalue weighted by molar-refractivity contribution is 0.0685. The van der Waals surface area contributed by atoms with E-state index in [1.807, 2.05) is 38.1 Å². The summed E-state index contributed by atoms with van der Waals surface area (Å²) >= 11 is 0. The van der Waals surface area contributed by atoms with E-state index in [0.29, 0.717) is 12.4 Å². The number of rotatable bonds is 3. The molecular weight excluding hydrogens is 216 g/mol. The molecule has 88 valence electrons. The molecule has 4 heteroatoms. The van der Waals surface area contributed by atoms with Crippen LogP contribution >= 0.6 is 0 Å². The molecule has 0 spiro atoms. The number of aromatic nitrogens is 2. The van der Waals surface area contributed by atoms with Crippen LogP contribution in [0, 0.1) is 13.8 Å². The van der Waals surface area contributed by atoms with E-state index in [4.69, 9.17) is 5.11 Å². The summed E-state index contributed by atoms with van der Waals surface area (Å²) in [5, 5.41) is 9.07. The topological polar surface area (TPSA) is 55.1 Å². The summed E-state index contributed by atoms with van der Waals surface area (Å²) in [6.07, 6.45) is 1.40. The number of carbonyl (C=O) groups is 1. The van der Waals surface area contributed by atoms with Gasteiger partial charge in [-0.3, -0.25) is 0 Å². The molecule has 1 aromatic heterocycles. The van der Waals surface area contributed by atoms with Crippen molar-refractivity contribution in [2.75, 3.05) is 0 Å². The van der Waals surface area contributed by atoms with Crippen LogP contribution < -0.4 is 0 Å². The molecule has 4 nitrogen and oxygen atoms in total. The summed E-state index contributed by atoms with van der Waals surface area (Å²) in [6, 6.07) is 7.94. The maximum absolute atomic E-state index is 11.0. The molecule has 2 aromatic rings. The number of aromatic carboxylic acids is 1. The van der Waals surface area contributed by atoms with Crippen LogP contribution in [0.1, 0.15) is 27.4 Å². The molecule has 0 aliphatic rings. The van der Waals surface area contributed by atoms with E-state index >= 15 is 0 Å². The highest BCUT2D eigenvalue weighted by atomic mass is 16.4. The van der Waals surface area contributed by atoms with E-state index in [2.05, 4.69) is 4.98 Å². The Bertz CT molecular complexity index is 558. The predicted molar refractivity (Wildman–Crippen MR) is 64.2 cm³/mol. The first-order chi connectivity index (χ1) is 8.09. The lowest BCUT2D eigenvalue weighted by atomic mass is 10.1. The third kappa shape index (κ3) is 2.20. The quantitative estimate of drug-likeness (QED) is 0.879. The van der Waals surface area contributed by atoms with E-state index in [-0.39, 0.29) is 5.69 Å². The summed E-state index contributed by atoms with van der Waals surface area (Å²) in [7, 11) is 0. The number of carboxylic acid groups (broad SMARTS) is 1. The average molecular weight is 230 g/mol. The number of aryl methyl sites for hydroxylation is 2. The molecule has 17 heavy (non-hydrogen) atoms. The zero-order valence-electron chi connectivity index (χ0n) is 9.84. The standard InChI is InChI=1S/C13H14N2O2/c1-9-5-3-4-6-11(9)8-15-10(2)14-7-12(15)13(16)17/h3-7H,8H2,1-2H3,(H,16,17). The minimum atomic E-state index is -0.945. The van der Waals surface area contributed by atoms with E-state index in [0.717, 1.165) is 11.1 Å². The number of hydrogen-bond acceptors (Lipinski definition) is 2. The lowest BCUT2D eigenvalue weighted by Gasteiger charge is -2.10. The molecule has 2 rings (SSSR count). The maximum Gasteiger partial charge on any atom is 0.354 e. The van der Waals surface area contributed by atoms with Gasteiger partial charge in [0.2, 0.25) is 0 Å². The van der Waals surface area contributed by atoms with Crippen molar-refractivity contribution in [1.82, 2.24) is 9.55 Å². The van der Waals surface area contributed by atoms with Gasteiger partial charge in [-0.15, -0.1) is 0 Å². The summed E-state index contributed by atoms with van der Waals surface area (Å²) < 4.78 is 1.71. The Morgan fingerprint density at radius 1 is 1.35 bits per heavy atom. The van der Waals surface area contributed by atoms with Crippen LogP contribution in [0.5, 0.6) is 0 Å². The van der Waals surface area contributed by atoms with Crippen LogP contribution in [0.15, 0.2) is 30.5 Å². The van der Waals surface area contributed by atoms with Crippen LogP contribution in [-0.2, 0) is 6.54 Å². The SMILES string of the molecule is Cc1ccccc1Cn1c(C(=O)O)cnc1C. The highest BCUT2D eigenvalue weighted by Crippen LogP contribution is 2.13. The van der Waals surface area contributed by atoms with Gasteiger partial charge in [0.1, 0.15) is 11.5 Å². The first kappa shape index (κ1) is 11.4.